The van der Waals surface area contributed by atoms with Gasteiger partial charge in [0, 0.05) is 18.6 Å². The number of ether oxygens (including phenoxy) is 2. The molecular formula is C13H18O3. The first kappa shape index (κ1) is 12.7. The number of ketones is 1. The van der Waals surface area contributed by atoms with Crippen LogP contribution in [-0.2, 0) is 4.74 Å². The van der Waals surface area contributed by atoms with E-state index in [0.29, 0.717) is 30.9 Å². The molecule has 0 atom stereocenters. The lowest BCUT2D eigenvalue weighted by molar-refractivity contribution is 0.0878. The van der Waals surface area contributed by atoms with E-state index in [0.717, 1.165) is 6.42 Å². The summed E-state index contributed by atoms with van der Waals surface area (Å²) in [6.07, 6.45) is 1.40. The molecule has 0 aliphatic heterocycles. The van der Waals surface area contributed by atoms with Gasteiger partial charge in [-0.25, -0.2) is 0 Å². The first-order valence-corrected chi connectivity index (χ1v) is 5.53. The molecule has 3 heteroatoms. The van der Waals surface area contributed by atoms with Crippen molar-refractivity contribution in [1.82, 2.24) is 0 Å². The van der Waals surface area contributed by atoms with E-state index >= 15 is 0 Å². The molecule has 1 rings (SSSR count). The Morgan fingerprint density at radius 3 is 2.81 bits per heavy atom. The Hall–Kier alpha value is -1.35. The lowest BCUT2D eigenvalue weighted by atomic mass is 10.1. The highest BCUT2D eigenvalue weighted by atomic mass is 16.5. The molecule has 3 nitrogen and oxygen atoms in total. The van der Waals surface area contributed by atoms with Gasteiger partial charge in [0.25, 0.3) is 0 Å². The van der Waals surface area contributed by atoms with E-state index in [1.165, 1.54) is 0 Å². The van der Waals surface area contributed by atoms with Crippen molar-refractivity contribution in [2.45, 2.75) is 19.8 Å². The summed E-state index contributed by atoms with van der Waals surface area (Å²) in [6, 6.07) is 7.19. The summed E-state index contributed by atoms with van der Waals surface area (Å²) in [6.45, 7) is 3.25. The second-order valence-electron chi connectivity index (χ2n) is 3.52. The smallest absolute Gasteiger partial charge is 0.165 e. The molecule has 0 saturated carbocycles. The van der Waals surface area contributed by atoms with Crippen LogP contribution >= 0.6 is 0 Å². The van der Waals surface area contributed by atoms with Crippen molar-refractivity contribution in [1.29, 1.82) is 0 Å². The molecule has 0 fully saturated rings. The first-order chi connectivity index (χ1) is 7.77. The normalized spacial score (nSPS) is 10.1. The summed E-state index contributed by atoms with van der Waals surface area (Å²) in [5.74, 6) is 0.801. The number of hydrogen-bond acceptors (Lipinski definition) is 3. The Labute approximate surface area is 96.4 Å². The van der Waals surface area contributed by atoms with E-state index in [2.05, 4.69) is 0 Å². The fraction of sp³-hybridized carbons (Fsp3) is 0.462. The molecule has 0 unspecified atom stereocenters. The molecule has 0 N–H and O–H groups in total. The minimum absolute atomic E-state index is 0.0926. The van der Waals surface area contributed by atoms with Crippen molar-refractivity contribution in [3.05, 3.63) is 29.8 Å². The molecule has 1 aromatic rings. The molecule has 0 spiro atoms. The number of carbonyl (C=O) groups excluding carboxylic acids is 1. The van der Waals surface area contributed by atoms with E-state index in [-0.39, 0.29) is 5.78 Å². The van der Waals surface area contributed by atoms with Crippen LogP contribution < -0.4 is 4.74 Å². The van der Waals surface area contributed by atoms with Crippen LogP contribution in [0, 0.1) is 0 Å². The van der Waals surface area contributed by atoms with E-state index in [9.17, 15) is 4.79 Å². The van der Waals surface area contributed by atoms with Gasteiger partial charge in [0.2, 0.25) is 0 Å². The summed E-state index contributed by atoms with van der Waals surface area (Å²) in [4.78, 5) is 11.7. The van der Waals surface area contributed by atoms with E-state index in [1.807, 2.05) is 19.1 Å². The third kappa shape index (κ3) is 4.03. The molecule has 16 heavy (non-hydrogen) atoms. The lowest BCUT2D eigenvalue weighted by Crippen LogP contribution is -2.05. The van der Waals surface area contributed by atoms with Crippen LogP contribution in [0.1, 0.15) is 30.1 Å². The highest BCUT2D eigenvalue weighted by molar-refractivity contribution is 5.96. The summed E-state index contributed by atoms with van der Waals surface area (Å²) in [5.41, 5.74) is 0.680. The van der Waals surface area contributed by atoms with Crippen LogP contribution in [0.15, 0.2) is 24.3 Å². The molecule has 0 aliphatic rings. The summed E-state index contributed by atoms with van der Waals surface area (Å²) >= 11 is 0. The van der Waals surface area contributed by atoms with Gasteiger partial charge in [-0.2, -0.15) is 0 Å². The van der Waals surface area contributed by atoms with Crippen molar-refractivity contribution in [2.75, 3.05) is 20.3 Å². The Bertz CT molecular complexity index is 334. The van der Waals surface area contributed by atoms with Gasteiger partial charge in [-0.05, 0) is 18.6 Å². The molecule has 0 aromatic heterocycles. The second kappa shape index (κ2) is 7.01. The van der Waals surface area contributed by atoms with Gasteiger partial charge in [-0.15, -0.1) is 0 Å². The van der Waals surface area contributed by atoms with Gasteiger partial charge in [0.15, 0.2) is 5.78 Å². The largest absolute Gasteiger partial charge is 0.497 e. The average Bonchev–Trinajstić information content (AvgIpc) is 2.34. The second-order valence-corrected chi connectivity index (χ2v) is 3.52. The minimum Gasteiger partial charge on any atom is -0.497 e. The number of methoxy groups -OCH3 is 1. The molecular weight excluding hydrogens is 204 g/mol. The molecule has 0 heterocycles. The Balaban J connectivity index is 2.46. The molecule has 0 aliphatic carbocycles. The molecule has 0 saturated heterocycles. The Kier molecular flexibility index (Phi) is 5.57. The zero-order chi connectivity index (χ0) is 11.8. The maximum atomic E-state index is 11.7. The zero-order valence-electron chi connectivity index (χ0n) is 9.86. The Morgan fingerprint density at radius 1 is 1.31 bits per heavy atom. The first-order valence-electron chi connectivity index (χ1n) is 5.53. The predicted octanol–water partition coefficient (Wildman–Crippen LogP) is 2.69. The highest BCUT2D eigenvalue weighted by Gasteiger charge is 2.06. The van der Waals surface area contributed by atoms with Gasteiger partial charge < -0.3 is 9.47 Å². The predicted molar refractivity (Wildman–Crippen MR) is 63.1 cm³/mol. The number of hydrogen-bond donors (Lipinski definition) is 0. The maximum Gasteiger partial charge on any atom is 0.165 e. The van der Waals surface area contributed by atoms with Gasteiger partial charge >= 0.3 is 0 Å². The monoisotopic (exact) mass is 222 g/mol. The SMILES string of the molecule is CCCOCCC(=O)c1cccc(OC)c1. The topological polar surface area (TPSA) is 35.5 Å². The van der Waals surface area contributed by atoms with Crippen molar-refractivity contribution in [2.24, 2.45) is 0 Å². The Morgan fingerprint density at radius 2 is 2.12 bits per heavy atom. The lowest BCUT2D eigenvalue weighted by Gasteiger charge is -2.04. The van der Waals surface area contributed by atoms with Crippen LogP contribution in [0.25, 0.3) is 0 Å². The van der Waals surface area contributed by atoms with Crippen LogP contribution in [0.3, 0.4) is 0 Å². The van der Waals surface area contributed by atoms with Gasteiger partial charge in [-0.1, -0.05) is 19.1 Å². The number of carbonyl (C=O) groups is 1. The van der Waals surface area contributed by atoms with Crippen LogP contribution in [0.2, 0.25) is 0 Å². The average molecular weight is 222 g/mol. The maximum absolute atomic E-state index is 11.7. The van der Waals surface area contributed by atoms with E-state index < -0.39 is 0 Å². The van der Waals surface area contributed by atoms with Crippen molar-refractivity contribution in [3.63, 3.8) is 0 Å². The van der Waals surface area contributed by atoms with Crippen molar-refractivity contribution < 1.29 is 14.3 Å². The van der Waals surface area contributed by atoms with Crippen molar-refractivity contribution in [3.8, 4) is 5.75 Å². The fourth-order valence-electron chi connectivity index (χ4n) is 1.35. The van der Waals surface area contributed by atoms with Gasteiger partial charge in [0.05, 0.1) is 13.7 Å². The summed E-state index contributed by atoms with van der Waals surface area (Å²) < 4.78 is 10.3. The van der Waals surface area contributed by atoms with Crippen LogP contribution in [0.5, 0.6) is 5.75 Å². The number of rotatable bonds is 7. The minimum atomic E-state index is 0.0926. The molecule has 0 bridgehead atoms. The third-order valence-corrected chi connectivity index (χ3v) is 2.21. The standard InChI is InChI=1S/C13H18O3/c1-3-8-16-9-7-13(14)11-5-4-6-12(10-11)15-2/h4-6,10H,3,7-9H2,1-2H3. The quantitative estimate of drug-likeness (QED) is 0.525. The zero-order valence-corrected chi connectivity index (χ0v) is 9.86. The number of Topliss-reactive ketones (excluding diaryl/α,β-unsaturated/α-hetero) is 1. The summed E-state index contributed by atoms with van der Waals surface area (Å²) in [5, 5.41) is 0. The molecule has 0 radical (unpaired) electrons. The molecule has 1 aromatic carbocycles. The molecule has 88 valence electrons. The fourth-order valence-corrected chi connectivity index (χ4v) is 1.35. The van der Waals surface area contributed by atoms with Crippen LogP contribution in [-0.4, -0.2) is 26.1 Å². The van der Waals surface area contributed by atoms with Crippen LogP contribution in [0.4, 0.5) is 0 Å². The number of benzene rings is 1. The van der Waals surface area contributed by atoms with E-state index in [1.54, 1.807) is 19.2 Å². The highest BCUT2D eigenvalue weighted by Crippen LogP contribution is 2.13. The third-order valence-electron chi connectivity index (χ3n) is 2.21. The summed E-state index contributed by atoms with van der Waals surface area (Å²) in [7, 11) is 1.59. The van der Waals surface area contributed by atoms with Crippen molar-refractivity contribution >= 4 is 5.78 Å². The molecule has 0 amide bonds. The van der Waals surface area contributed by atoms with Gasteiger partial charge in [-0.3, -0.25) is 4.79 Å². The van der Waals surface area contributed by atoms with E-state index in [4.69, 9.17) is 9.47 Å². The van der Waals surface area contributed by atoms with Gasteiger partial charge in [0.1, 0.15) is 5.75 Å².